The molecule has 5 nitrogen and oxygen atoms in total. The van der Waals surface area contributed by atoms with Crippen molar-refractivity contribution in [2.75, 3.05) is 33.4 Å². The highest BCUT2D eigenvalue weighted by atomic mass is 35.5. The Morgan fingerprint density at radius 1 is 1.14 bits per heavy atom. The van der Waals surface area contributed by atoms with Crippen molar-refractivity contribution in [1.82, 2.24) is 4.90 Å². The molecule has 0 saturated carbocycles. The summed E-state index contributed by atoms with van der Waals surface area (Å²) in [6, 6.07) is 15.7. The first-order valence-corrected chi connectivity index (χ1v) is 10.0. The molecule has 158 valence electrons. The number of carbonyl (C=O) groups is 1. The first kappa shape index (κ1) is 23.0. The van der Waals surface area contributed by atoms with Crippen molar-refractivity contribution in [3.05, 3.63) is 59.7 Å². The van der Waals surface area contributed by atoms with E-state index in [0.29, 0.717) is 43.3 Å². The predicted octanol–water partition coefficient (Wildman–Crippen LogP) is 4.11. The molecule has 1 amide bonds. The second-order valence-corrected chi connectivity index (χ2v) is 7.29. The van der Waals surface area contributed by atoms with Gasteiger partial charge in [-0.25, -0.2) is 0 Å². The smallest absolute Gasteiger partial charge is 0.254 e. The zero-order valence-corrected chi connectivity index (χ0v) is 18.0. The van der Waals surface area contributed by atoms with Crippen LogP contribution in [0, 0.1) is 5.92 Å². The maximum absolute atomic E-state index is 13.1. The van der Waals surface area contributed by atoms with Crippen molar-refractivity contribution < 1.29 is 14.3 Å². The number of rotatable bonds is 8. The number of amides is 1. The van der Waals surface area contributed by atoms with E-state index in [9.17, 15) is 4.79 Å². The van der Waals surface area contributed by atoms with E-state index < -0.39 is 0 Å². The topological polar surface area (TPSA) is 64.8 Å². The van der Waals surface area contributed by atoms with Gasteiger partial charge in [0.05, 0.1) is 13.7 Å². The summed E-state index contributed by atoms with van der Waals surface area (Å²) in [5.41, 5.74) is 7.87. The van der Waals surface area contributed by atoms with E-state index in [4.69, 9.17) is 15.2 Å². The molecule has 0 unspecified atom stereocenters. The van der Waals surface area contributed by atoms with Crippen molar-refractivity contribution in [2.45, 2.75) is 25.7 Å². The number of hydrogen-bond acceptors (Lipinski definition) is 4. The quantitative estimate of drug-likeness (QED) is 0.655. The number of ether oxygens (including phenoxy) is 2. The molecule has 0 aromatic heterocycles. The summed E-state index contributed by atoms with van der Waals surface area (Å²) in [7, 11) is 1.60. The molecule has 1 saturated heterocycles. The summed E-state index contributed by atoms with van der Waals surface area (Å²) < 4.78 is 11.2. The van der Waals surface area contributed by atoms with Crippen LogP contribution in [0.5, 0.6) is 11.5 Å². The Morgan fingerprint density at radius 2 is 1.90 bits per heavy atom. The molecule has 1 aliphatic rings. The third-order valence-electron chi connectivity index (χ3n) is 5.42. The summed E-state index contributed by atoms with van der Waals surface area (Å²) >= 11 is 0. The largest absolute Gasteiger partial charge is 0.493 e. The normalized spacial score (nSPS) is 18.2. The number of nitrogens with zero attached hydrogens (tertiary/aromatic N) is 1. The van der Waals surface area contributed by atoms with Crippen molar-refractivity contribution in [3.8, 4) is 11.5 Å². The fraction of sp³-hybridized carbons (Fsp3) is 0.435. The Morgan fingerprint density at radius 3 is 2.55 bits per heavy atom. The molecule has 1 heterocycles. The summed E-state index contributed by atoms with van der Waals surface area (Å²) in [6.07, 6.45) is 2.05. The van der Waals surface area contributed by atoms with Crippen LogP contribution in [0.2, 0.25) is 0 Å². The molecule has 0 aliphatic carbocycles. The van der Waals surface area contributed by atoms with E-state index in [0.717, 1.165) is 12.8 Å². The molecule has 2 N–H and O–H groups in total. The Balaban J connectivity index is 0.00000300. The minimum Gasteiger partial charge on any atom is -0.493 e. The standard InChI is InChI=1S/C23H30N2O3.ClH/c1-3-4-12-28-21-11-10-18(13-22(21)27-2)23(26)25-15-19(14-24)20(16-25)17-8-6-5-7-9-17;/h5-11,13,19-20H,3-4,12,14-16,24H2,1-2H3;1H/t19-,20+;/m1./s1. The van der Waals surface area contributed by atoms with E-state index in [1.165, 1.54) is 5.56 Å². The fourth-order valence-corrected chi connectivity index (χ4v) is 3.78. The predicted molar refractivity (Wildman–Crippen MR) is 118 cm³/mol. The number of halogens is 1. The highest BCUT2D eigenvalue weighted by Crippen LogP contribution is 2.34. The number of carbonyl (C=O) groups excluding carboxylic acids is 1. The number of methoxy groups -OCH3 is 1. The van der Waals surface area contributed by atoms with Crippen LogP contribution in [-0.4, -0.2) is 44.2 Å². The van der Waals surface area contributed by atoms with Crippen LogP contribution >= 0.6 is 12.4 Å². The van der Waals surface area contributed by atoms with Crippen molar-refractivity contribution >= 4 is 18.3 Å². The maximum Gasteiger partial charge on any atom is 0.254 e. The van der Waals surface area contributed by atoms with Gasteiger partial charge < -0.3 is 20.1 Å². The molecule has 2 aromatic carbocycles. The van der Waals surface area contributed by atoms with Gasteiger partial charge in [0.25, 0.3) is 5.91 Å². The third-order valence-corrected chi connectivity index (χ3v) is 5.42. The number of nitrogens with two attached hydrogens (primary N) is 1. The van der Waals surface area contributed by atoms with Gasteiger partial charge in [0.2, 0.25) is 0 Å². The molecule has 1 aliphatic heterocycles. The lowest BCUT2D eigenvalue weighted by atomic mass is 9.89. The molecule has 6 heteroatoms. The van der Waals surface area contributed by atoms with Crippen molar-refractivity contribution in [3.63, 3.8) is 0 Å². The lowest BCUT2D eigenvalue weighted by Crippen LogP contribution is -2.29. The molecule has 2 aromatic rings. The highest BCUT2D eigenvalue weighted by molar-refractivity contribution is 5.95. The van der Waals surface area contributed by atoms with E-state index in [2.05, 4.69) is 19.1 Å². The highest BCUT2D eigenvalue weighted by Gasteiger charge is 2.35. The van der Waals surface area contributed by atoms with E-state index >= 15 is 0 Å². The number of hydrogen-bond donors (Lipinski definition) is 1. The maximum atomic E-state index is 13.1. The molecule has 1 fully saturated rings. The average Bonchev–Trinajstić information content (AvgIpc) is 3.18. The minimum atomic E-state index is 0. The molecule has 0 spiro atoms. The van der Waals surface area contributed by atoms with Gasteiger partial charge in [0.1, 0.15) is 0 Å². The number of likely N-dealkylation sites (tertiary alicyclic amines) is 1. The van der Waals surface area contributed by atoms with Crippen LogP contribution in [0.25, 0.3) is 0 Å². The van der Waals surface area contributed by atoms with Gasteiger partial charge in [0.15, 0.2) is 11.5 Å². The van der Waals surface area contributed by atoms with Crippen LogP contribution in [-0.2, 0) is 0 Å². The van der Waals surface area contributed by atoms with Gasteiger partial charge in [-0.2, -0.15) is 0 Å². The van der Waals surface area contributed by atoms with Crippen molar-refractivity contribution in [2.24, 2.45) is 11.7 Å². The first-order chi connectivity index (χ1) is 13.7. The Hall–Kier alpha value is -2.24. The van der Waals surface area contributed by atoms with Gasteiger partial charge >= 0.3 is 0 Å². The first-order valence-electron chi connectivity index (χ1n) is 10.0. The van der Waals surface area contributed by atoms with Crippen LogP contribution in [0.1, 0.15) is 41.6 Å². The lowest BCUT2D eigenvalue weighted by molar-refractivity contribution is 0.0786. The summed E-state index contributed by atoms with van der Waals surface area (Å²) in [5, 5.41) is 0. The Labute approximate surface area is 179 Å². The number of unbranched alkanes of at least 4 members (excludes halogenated alkanes) is 1. The van der Waals surface area contributed by atoms with Gasteiger partial charge in [-0.05, 0) is 42.6 Å². The lowest BCUT2D eigenvalue weighted by Gasteiger charge is -2.18. The van der Waals surface area contributed by atoms with E-state index in [1.54, 1.807) is 13.2 Å². The minimum absolute atomic E-state index is 0. The molecule has 3 rings (SSSR count). The Kier molecular flexibility index (Phi) is 8.80. The second kappa shape index (κ2) is 11.1. The van der Waals surface area contributed by atoms with Gasteiger partial charge in [-0.1, -0.05) is 43.7 Å². The van der Waals surface area contributed by atoms with Gasteiger partial charge in [-0.15, -0.1) is 12.4 Å². The second-order valence-electron chi connectivity index (χ2n) is 7.29. The molecular weight excluding hydrogens is 388 g/mol. The van der Waals surface area contributed by atoms with Crippen LogP contribution < -0.4 is 15.2 Å². The summed E-state index contributed by atoms with van der Waals surface area (Å²) in [6.45, 7) is 4.68. The SMILES string of the molecule is CCCCOc1ccc(C(=O)N2C[C@@H](CN)[C@H](c3ccccc3)C2)cc1OC.Cl. The Bertz CT molecular complexity index is 785. The van der Waals surface area contributed by atoms with Gasteiger partial charge in [-0.3, -0.25) is 4.79 Å². The zero-order chi connectivity index (χ0) is 19.9. The molecule has 29 heavy (non-hydrogen) atoms. The van der Waals surface area contributed by atoms with Crippen LogP contribution in [0.15, 0.2) is 48.5 Å². The average molecular weight is 419 g/mol. The van der Waals surface area contributed by atoms with E-state index in [1.807, 2.05) is 35.2 Å². The fourth-order valence-electron chi connectivity index (χ4n) is 3.78. The summed E-state index contributed by atoms with van der Waals surface area (Å²) in [5.74, 6) is 1.82. The molecule has 0 bridgehead atoms. The van der Waals surface area contributed by atoms with Crippen LogP contribution in [0.4, 0.5) is 0 Å². The zero-order valence-electron chi connectivity index (χ0n) is 17.2. The molecule has 2 atom stereocenters. The molecular formula is C23H31ClN2O3. The van der Waals surface area contributed by atoms with Gasteiger partial charge in [0, 0.05) is 24.6 Å². The van der Waals surface area contributed by atoms with E-state index in [-0.39, 0.29) is 30.2 Å². The molecule has 0 radical (unpaired) electrons. The van der Waals surface area contributed by atoms with Crippen LogP contribution in [0.3, 0.4) is 0 Å². The monoisotopic (exact) mass is 418 g/mol. The third kappa shape index (κ3) is 5.43. The number of benzene rings is 2. The van der Waals surface area contributed by atoms with Crippen molar-refractivity contribution in [1.29, 1.82) is 0 Å². The summed E-state index contributed by atoms with van der Waals surface area (Å²) in [4.78, 5) is 15.0.